The fourth-order valence-corrected chi connectivity index (χ4v) is 3.39. The zero-order chi connectivity index (χ0) is 22.4. The van der Waals surface area contributed by atoms with E-state index < -0.39 is 39.7 Å². The first-order valence-electron chi connectivity index (χ1n) is 8.72. The van der Waals surface area contributed by atoms with E-state index in [2.05, 4.69) is 24.5 Å². The molecule has 0 aromatic heterocycles. The maximum absolute atomic E-state index is 12.8. The molecule has 30 heavy (non-hydrogen) atoms. The average molecular weight is 437 g/mol. The highest BCUT2D eigenvalue weighted by atomic mass is 32.1. The topological polar surface area (TPSA) is 156 Å². The number of nitrogens with zero attached hydrogens (tertiary/aromatic N) is 2. The number of anilines is 1. The zero-order valence-corrected chi connectivity index (χ0v) is 16.5. The number of carboxylic acid groups (broad SMARTS) is 1. The molecule has 2 amide bonds. The molecule has 2 rings (SSSR count). The Hall–Kier alpha value is -3.41. The summed E-state index contributed by atoms with van der Waals surface area (Å²) in [4.78, 5) is 59.3. The van der Waals surface area contributed by atoms with Gasteiger partial charge in [-0.1, -0.05) is 12.7 Å². The van der Waals surface area contributed by atoms with Crippen LogP contribution in [0.2, 0.25) is 0 Å². The van der Waals surface area contributed by atoms with Gasteiger partial charge in [0.1, 0.15) is 12.6 Å². The van der Waals surface area contributed by atoms with E-state index in [0.717, 1.165) is 23.1 Å². The fraction of sp³-hybridized carbons (Fsp3) is 0.333. The van der Waals surface area contributed by atoms with Crippen molar-refractivity contribution >= 4 is 47.1 Å². The predicted molar refractivity (Wildman–Crippen MR) is 107 cm³/mol. The first kappa shape index (κ1) is 22.9. The number of benzene rings is 1. The number of hydrogen-bond donors (Lipinski definition) is 3. The maximum Gasteiger partial charge on any atom is 0.410 e. The summed E-state index contributed by atoms with van der Waals surface area (Å²) in [6.07, 6.45) is 0.676. The van der Waals surface area contributed by atoms with Crippen molar-refractivity contribution in [3.63, 3.8) is 0 Å². The molecule has 1 saturated heterocycles. The number of nitro benzene ring substituents is 1. The van der Waals surface area contributed by atoms with Crippen molar-refractivity contribution < 1.29 is 33.9 Å². The van der Waals surface area contributed by atoms with Gasteiger partial charge in [0.15, 0.2) is 5.12 Å². The third kappa shape index (κ3) is 5.56. The van der Waals surface area contributed by atoms with Crippen LogP contribution in [0.15, 0.2) is 30.9 Å². The van der Waals surface area contributed by atoms with Gasteiger partial charge >= 0.3 is 12.1 Å². The molecule has 0 bridgehead atoms. The number of ether oxygens (including phenoxy) is 1. The molecular formula is C18H19N3O8S. The number of likely N-dealkylation sites (tertiary alicyclic amines) is 1. The van der Waals surface area contributed by atoms with Gasteiger partial charge in [-0.05, 0) is 18.4 Å². The standard InChI is InChI=1S/C18H19N3O8S/c1-2-5-29-18(26)20-9-10(7-15(22)30)6-14(20)16(23)19-13-8-11(21(27)28)3-4-12(13)17(24)25/h2-4,8,10,14H,1,5-7,9H2,(H,19,23)(H,22,30)(H,24,25)/t10-,14-/m0/s1. The summed E-state index contributed by atoms with van der Waals surface area (Å²) < 4.78 is 4.97. The number of aromatic carboxylic acids is 1. The van der Waals surface area contributed by atoms with E-state index in [-0.39, 0.29) is 43.2 Å². The molecular weight excluding hydrogens is 418 g/mol. The van der Waals surface area contributed by atoms with E-state index in [1.54, 1.807) is 0 Å². The number of hydrogen-bond acceptors (Lipinski definition) is 7. The van der Waals surface area contributed by atoms with Gasteiger partial charge in [0.25, 0.3) is 5.69 Å². The van der Waals surface area contributed by atoms with E-state index in [1.165, 1.54) is 6.08 Å². The van der Waals surface area contributed by atoms with Gasteiger partial charge in [0, 0.05) is 25.1 Å². The molecule has 12 heteroatoms. The number of amides is 2. The van der Waals surface area contributed by atoms with Crippen LogP contribution in [0.25, 0.3) is 0 Å². The molecule has 1 aromatic rings. The maximum atomic E-state index is 12.8. The van der Waals surface area contributed by atoms with Crippen molar-refractivity contribution in [3.05, 3.63) is 46.5 Å². The Morgan fingerprint density at radius 3 is 2.67 bits per heavy atom. The highest BCUT2D eigenvalue weighted by molar-refractivity contribution is 7.96. The molecule has 11 nitrogen and oxygen atoms in total. The Bertz CT molecular complexity index is 903. The third-order valence-electron chi connectivity index (χ3n) is 4.42. The number of carbonyl (C=O) groups excluding carboxylic acids is 3. The Morgan fingerprint density at radius 2 is 2.10 bits per heavy atom. The third-order valence-corrected chi connectivity index (χ3v) is 4.60. The molecule has 1 aliphatic rings. The van der Waals surface area contributed by atoms with Gasteiger partial charge in [0.05, 0.1) is 16.2 Å². The fourth-order valence-electron chi connectivity index (χ4n) is 3.13. The normalized spacial score (nSPS) is 17.8. The van der Waals surface area contributed by atoms with Crippen LogP contribution in [0, 0.1) is 16.0 Å². The van der Waals surface area contributed by atoms with Crippen molar-refractivity contribution in [3.8, 4) is 0 Å². The van der Waals surface area contributed by atoms with Gasteiger partial charge in [-0.3, -0.25) is 24.6 Å². The molecule has 0 spiro atoms. The minimum absolute atomic E-state index is 0.0231. The first-order valence-corrected chi connectivity index (χ1v) is 9.17. The quantitative estimate of drug-likeness (QED) is 0.242. The predicted octanol–water partition coefficient (Wildman–Crippen LogP) is 2.09. The van der Waals surface area contributed by atoms with E-state index in [1.807, 2.05) is 0 Å². The zero-order valence-electron chi connectivity index (χ0n) is 15.6. The summed E-state index contributed by atoms with van der Waals surface area (Å²) in [5, 5.41) is 22.2. The van der Waals surface area contributed by atoms with Crippen molar-refractivity contribution in [1.29, 1.82) is 0 Å². The van der Waals surface area contributed by atoms with Crippen molar-refractivity contribution in [2.75, 3.05) is 18.5 Å². The number of rotatable bonds is 8. The summed E-state index contributed by atoms with van der Waals surface area (Å²) in [6.45, 7) is 3.40. The molecule has 2 atom stereocenters. The second-order valence-corrected chi connectivity index (χ2v) is 7.01. The number of nitrogens with one attached hydrogen (secondary N) is 1. The number of thiol groups is 1. The van der Waals surface area contributed by atoms with Crippen LogP contribution in [0.5, 0.6) is 0 Å². The molecule has 160 valence electrons. The van der Waals surface area contributed by atoms with Gasteiger partial charge in [0.2, 0.25) is 5.91 Å². The lowest BCUT2D eigenvalue weighted by Crippen LogP contribution is -2.43. The molecule has 1 heterocycles. The molecule has 2 N–H and O–H groups in total. The second-order valence-electron chi connectivity index (χ2n) is 6.51. The second kappa shape index (κ2) is 9.87. The van der Waals surface area contributed by atoms with Gasteiger partial charge in [-0.25, -0.2) is 9.59 Å². The molecule has 1 fully saturated rings. The van der Waals surface area contributed by atoms with Crippen LogP contribution in [-0.4, -0.2) is 57.2 Å². The van der Waals surface area contributed by atoms with Gasteiger partial charge in [-0.15, -0.1) is 12.6 Å². The lowest BCUT2D eigenvalue weighted by atomic mass is 10.0. The van der Waals surface area contributed by atoms with Crippen molar-refractivity contribution in [2.24, 2.45) is 5.92 Å². The molecule has 1 aromatic carbocycles. The molecule has 0 unspecified atom stereocenters. The molecule has 0 radical (unpaired) electrons. The summed E-state index contributed by atoms with van der Waals surface area (Å²) >= 11 is 3.72. The number of carboxylic acids is 1. The molecule has 0 saturated carbocycles. The summed E-state index contributed by atoms with van der Waals surface area (Å²) in [5.74, 6) is -2.51. The van der Waals surface area contributed by atoms with Crippen LogP contribution in [-0.2, 0) is 14.3 Å². The van der Waals surface area contributed by atoms with Gasteiger partial charge in [-0.2, -0.15) is 0 Å². The van der Waals surface area contributed by atoms with E-state index in [4.69, 9.17) is 4.74 Å². The highest BCUT2D eigenvalue weighted by Gasteiger charge is 2.41. The minimum Gasteiger partial charge on any atom is -0.478 e. The van der Waals surface area contributed by atoms with E-state index in [9.17, 15) is 34.4 Å². The SMILES string of the molecule is C=CCOC(=O)N1C[C@H](CC(=O)S)C[C@H]1C(=O)Nc1cc([N+](=O)[O-])ccc1C(=O)O. The molecule has 1 aliphatic heterocycles. The lowest BCUT2D eigenvalue weighted by molar-refractivity contribution is -0.384. The first-order chi connectivity index (χ1) is 14.1. The van der Waals surface area contributed by atoms with Crippen LogP contribution in [0.3, 0.4) is 0 Å². The minimum atomic E-state index is -1.40. The van der Waals surface area contributed by atoms with Crippen molar-refractivity contribution in [2.45, 2.75) is 18.9 Å². The number of nitro groups is 1. The Balaban J connectivity index is 2.29. The van der Waals surface area contributed by atoms with Gasteiger partial charge < -0.3 is 15.2 Å². The van der Waals surface area contributed by atoms with Crippen LogP contribution in [0.4, 0.5) is 16.2 Å². The molecule has 0 aliphatic carbocycles. The Kier molecular flexibility index (Phi) is 7.53. The Labute approximate surface area is 176 Å². The summed E-state index contributed by atoms with van der Waals surface area (Å²) in [7, 11) is 0. The smallest absolute Gasteiger partial charge is 0.410 e. The van der Waals surface area contributed by atoms with E-state index >= 15 is 0 Å². The van der Waals surface area contributed by atoms with Crippen LogP contribution >= 0.6 is 12.6 Å². The van der Waals surface area contributed by atoms with Crippen LogP contribution < -0.4 is 5.32 Å². The number of non-ortho nitro benzene ring substituents is 1. The van der Waals surface area contributed by atoms with E-state index in [0.29, 0.717) is 0 Å². The average Bonchev–Trinajstić information content (AvgIpc) is 3.09. The van der Waals surface area contributed by atoms with Crippen molar-refractivity contribution in [1.82, 2.24) is 4.90 Å². The summed E-state index contributed by atoms with van der Waals surface area (Å²) in [5.41, 5.74) is -1.05. The summed E-state index contributed by atoms with van der Waals surface area (Å²) in [6, 6.07) is 1.86. The monoisotopic (exact) mass is 437 g/mol. The van der Waals surface area contributed by atoms with Crippen LogP contribution in [0.1, 0.15) is 23.2 Å². The lowest BCUT2D eigenvalue weighted by Gasteiger charge is -2.23. The highest BCUT2D eigenvalue weighted by Crippen LogP contribution is 2.29. The Morgan fingerprint density at radius 1 is 1.40 bits per heavy atom. The number of carbonyl (C=O) groups is 4. The largest absolute Gasteiger partial charge is 0.478 e.